The van der Waals surface area contributed by atoms with E-state index in [1.165, 1.54) is 5.75 Å². The minimum Gasteiger partial charge on any atom is -0.196 e. The fourth-order valence-electron chi connectivity index (χ4n) is 0.333. The molecule has 0 aromatic carbocycles. The van der Waals surface area contributed by atoms with E-state index in [1.54, 1.807) is 0 Å². The van der Waals surface area contributed by atoms with Crippen molar-refractivity contribution in [1.82, 2.24) is 0 Å². The zero-order valence-corrected chi connectivity index (χ0v) is 7.85. The second-order valence-corrected chi connectivity index (χ2v) is 8.68. The molecule has 0 aromatic rings. The van der Waals surface area contributed by atoms with Crippen LogP contribution < -0.4 is 0 Å². The Kier molecular flexibility index (Phi) is 3.28. The van der Waals surface area contributed by atoms with Crippen LogP contribution in [0.2, 0.25) is 0 Å². The largest absolute Gasteiger partial charge is 0.196 e. The lowest BCUT2D eigenvalue weighted by atomic mass is 10.6. The Labute approximate surface area is 59.2 Å². The molecule has 0 aromatic heterocycles. The van der Waals surface area contributed by atoms with Crippen molar-refractivity contribution in [1.29, 1.82) is 0 Å². The second-order valence-electron chi connectivity index (χ2n) is 2.45. The number of thiol groups is 1. The van der Waals surface area contributed by atoms with E-state index in [4.69, 9.17) is 0 Å². The zero-order chi connectivity index (χ0) is 6.78. The summed E-state index contributed by atoms with van der Waals surface area (Å²) in [4.78, 5) is 0. The average Bonchev–Trinajstić information content (AvgIpc) is 1.67. The topological polar surface area (TPSA) is 0 Å². The predicted octanol–water partition coefficient (Wildman–Crippen LogP) is 2.69. The van der Waals surface area contributed by atoms with E-state index in [9.17, 15) is 0 Å². The molecule has 1 atom stereocenters. The van der Waals surface area contributed by atoms with Crippen LogP contribution in [0, 0.1) is 0 Å². The van der Waals surface area contributed by atoms with Crippen molar-refractivity contribution in [3.05, 3.63) is 0 Å². The van der Waals surface area contributed by atoms with Crippen molar-refractivity contribution in [3.63, 3.8) is 0 Å². The maximum absolute atomic E-state index is 4.56. The average molecular weight is 152 g/mol. The molecule has 8 heavy (non-hydrogen) atoms. The number of hydrogen-bond donors (Lipinski definition) is 1. The van der Waals surface area contributed by atoms with Gasteiger partial charge in [-0.05, 0) is 17.3 Å². The van der Waals surface area contributed by atoms with Crippen molar-refractivity contribution in [2.75, 3.05) is 12.0 Å². The highest BCUT2D eigenvalue weighted by Gasteiger charge is 2.13. The van der Waals surface area contributed by atoms with E-state index in [-0.39, 0.29) is 0 Å². The Morgan fingerprint density at radius 3 is 1.88 bits per heavy atom. The molecular weight excluding hydrogens is 136 g/mol. The molecule has 52 valence electrons. The standard InChI is InChI=1S/C6H16S2/c1-5-8(4,7)6(2)3/h6-7H,5H2,1-4H3. The monoisotopic (exact) mass is 152 g/mol. The lowest BCUT2D eigenvalue weighted by molar-refractivity contribution is 1.10. The van der Waals surface area contributed by atoms with Gasteiger partial charge >= 0.3 is 0 Å². The maximum Gasteiger partial charge on any atom is -0.00883 e. The first-order valence-corrected chi connectivity index (χ1v) is 6.30. The highest BCUT2D eigenvalue weighted by Crippen LogP contribution is 2.52. The van der Waals surface area contributed by atoms with Crippen molar-refractivity contribution in [2.24, 2.45) is 0 Å². The molecule has 0 rings (SSSR count). The summed E-state index contributed by atoms with van der Waals surface area (Å²) in [6, 6.07) is 0. The molecule has 0 saturated heterocycles. The molecule has 0 N–H and O–H groups in total. The first-order valence-electron chi connectivity index (χ1n) is 2.98. The third-order valence-electron chi connectivity index (χ3n) is 1.60. The van der Waals surface area contributed by atoms with Crippen molar-refractivity contribution in [2.45, 2.75) is 26.0 Å². The zero-order valence-electron chi connectivity index (χ0n) is 6.14. The summed E-state index contributed by atoms with van der Waals surface area (Å²) in [5.74, 6) is 1.23. The summed E-state index contributed by atoms with van der Waals surface area (Å²) >= 11 is 4.56. The quantitative estimate of drug-likeness (QED) is 0.456. The maximum atomic E-state index is 4.56. The van der Waals surface area contributed by atoms with Crippen molar-refractivity contribution >= 4 is 20.7 Å². The van der Waals surface area contributed by atoms with Crippen molar-refractivity contribution in [3.8, 4) is 0 Å². The lowest BCUT2D eigenvalue weighted by Gasteiger charge is -2.32. The molecule has 0 amide bonds. The fraction of sp³-hybridized carbons (Fsp3) is 1.00. The molecule has 0 bridgehead atoms. The van der Waals surface area contributed by atoms with E-state index >= 15 is 0 Å². The Morgan fingerprint density at radius 2 is 1.88 bits per heavy atom. The van der Waals surface area contributed by atoms with Crippen LogP contribution in [0.5, 0.6) is 0 Å². The smallest absolute Gasteiger partial charge is 0.00883 e. The van der Waals surface area contributed by atoms with Crippen molar-refractivity contribution < 1.29 is 0 Å². The summed E-state index contributed by atoms with van der Waals surface area (Å²) < 4.78 is 0. The second kappa shape index (κ2) is 3.02. The highest BCUT2D eigenvalue weighted by atomic mass is 33.1. The van der Waals surface area contributed by atoms with E-state index in [2.05, 4.69) is 38.7 Å². The van der Waals surface area contributed by atoms with Gasteiger partial charge in [-0.3, -0.25) is 0 Å². The van der Waals surface area contributed by atoms with Gasteiger partial charge in [-0.25, -0.2) is 0 Å². The molecule has 2 heteroatoms. The first kappa shape index (κ1) is 8.70. The molecule has 0 aliphatic rings. The Bertz CT molecular complexity index is 66.9. The molecule has 0 radical (unpaired) electrons. The van der Waals surface area contributed by atoms with Gasteiger partial charge in [-0.15, -0.1) is 11.7 Å². The van der Waals surface area contributed by atoms with Gasteiger partial charge in [-0.2, -0.15) is 9.06 Å². The SMILES string of the molecule is CCS(C)(S)C(C)C. The van der Waals surface area contributed by atoms with E-state index < -0.39 is 9.06 Å². The molecule has 0 aliphatic carbocycles. The molecule has 0 nitrogen and oxygen atoms in total. The summed E-state index contributed by atoms with van der Waals surface area (Å²) in [7, 11) is -0.542. The number of rotatable bonds is 2. The molecule has 0 saturated carbocycles. The van der Waals surface area contributed by atoms with Gasteiger partial charge in [-0.1, -0.05) is 20.8 Å². The van der Waals surface area contributed by atoms with Gasteiger partial charge in [0, 0.05) is 0 Å². The molecule has 0 fully saturated rings. The van der Waals surface area contributed by atoms with Gasteiger partial charge in [0.05, 0.1) is 0 Å². The van der Waals surface area contributed by atoms with Gasteiger partial charge in [0.1, 0.15) is 0 Å². The first-order chi connectivity index (χ1) is 3.50. The Balaban J connectivity index is 3.71. The molecule has 0 spiro atoms. The summed E-state index contributed by atoms with van der Waals surface area (Å²) in [6.07, 6.45) is 2.26. The highest BCUT2D eigenvalue weighted by molar-refractivity contribution is 8.87. The van der Waals surface area contributed by atoms with Crippen LogP contribution in [-0.2, 0) is 0 Å². The van der Waals surface area contributed by atoms with Crippen LogP contribution in [0.3, 0.4) is 0 Å². The summed E-state index contributed by atoms with van der Waals surface area (Å²) in [6.45, 7) is 6.69. The van der Waals surface area contributed by atoms with Crippen LogP contribution in [0.25, 0.3) is 0 Å². The third kappa shape index (κ3) is 2.31. The van der Waals surface area contributed by atoms with E-state index in [1.807, 2.05) is 0 Å². The fourth-order valence-corrected chi connectivity index (χ4v) is 1.00. The minimum absolute atomic E-state index is 0.542. The van der Waals surface area contributed by atoms with E-state index in [0.29, 0.717) is 0 Å². The van der Waals surface area contributed by atoms with Gasteiger partial charge in [0.25, 0.3) is 0 Å². The summed E-state index contributed by atoms with van der Waals surface area (Å²) in [5.41, 5.74) is 0. The van der Waals surface area contributed by atoms with Gasteiger partial charge in [0.2, 0.25) is 0 Å². The van der Waals surface area contributed by atoms with Gasteiger partial charge in [0.15, 0.2) is 0 Å². The number of hydrogen-bond acceptors (Lipinski definition) is 1. The Hall–Kier alpha value is 0.700. The van der Waals surface area contributed by atoms with Crippen LogP contribution >= 0.6 is 20.7 Å². The molecule has 0 aliphatic heterocycles. The van der Waals surface area contributed by atoms with Crippen LogP contribution in [0.4, 0.5) is 0 Å². The molecular formula is C6H16S2. The van der Waals surface area contributed by atoms with Crippen LogP contribution in [0.15, 0.2) is 0 Å². The summed E-state index contributed by atoms with van der Waals surface area (Å²) in [5, 5.41) is 0.760. The lowest BCUT2D eigenvalue weighted by Crippen LogP contribution is -2.05. The Morgan fingerprint density at radius 1 is 1.50 bits per heavy atom. The van der Waals surface area contributed by atoms with Gasteiger partial charge < -0.3 is 0 Å². The van der Waals surface area contributed by atoms with Crippen LogP contribution in [0.1, 0.15) is 20.8 Å². The predicted molar refractivity (Wildman–Crippen MR) is 48.2 cm³/mol. The van der Waals surface area contributed by atoms with E-state index in [0.717, 1.165) is 5.25 Å². The minimum atomic E-state index is -0.542. The molecule has 1 unspecified atom stereocenters. The normalized spacial score (nSPS) is 22.8. The molecule has 0 heterocycles. The third-order valence-corrected chi connectivity index (χ3v) is 6.84. The van der Waals surface area contributed by atoms with Crippen LogP contribution in [-0.4, -0.2) is 17.3 Å².